The Labute approximate surface area is 117 Å². The minimum atomic E-state index is -0.458. The molecule has 0 saturated heterocycles. The molecule has 2 rings (SSSR count). The van der Waals surface area contributed by atoms with E-state index in [4.69, 9.17) is 0 Å². The molecular formula is C14H20BrNO2. The zero-order valence-electron chi connectivity index (χ0n) is 10.8. The van der Waals surface area contributed by atoms with Crippen molar-refractivity contribution in [3.63, 3.8) is 0 Å². The van der Waals surface area contributed by atoms with Gasteiger partial charge in [-0.15, -0.1) is 0 Å². The molecule has 1 aromatic rings. The molecule has 1 saturated carbocycles. The third-order valence-electron chi connectivity index (χ3n) is 3.62. The summed E-state index contributed by atoms with van der Waals surface area (Å²) in [4.78, 5) is 2.20. The molecule has 18 heavy (non-hydrogen) atoms. The summed E-state index contributed by atoms with van der Waals surface area (Å²) in [5.41, 5.74) is 2.04. The van der Waals surface area contributed by atoms with Gasteiger partial charge in [-0.05, 0) is 43.4 Å². The lowest BCUT2D eigenvalue weighted by molar-refractivity contribution is 0.0465. The Morgan fingerprint density at radius 2 is 2.11 bits per heavy atom. The van der Waals surface area contributed by atoms with Gasteiger partial charge in [0, 0.05) is 23.8 Å². The quantitative estimate of drug-likeness (QED) is 0.898. The Morgan fingerprint density at radius 1 is 1.44 bits per heavy atom. The average molecular weight is 314 g/mol. The highest BCUT2D eigenvalue weighted by atomic mass is 79.9. The molecule has 0 aromatic heterocycles. The van der Waals surface area contributed by atoms with Crippen LogP contribution >= 0.6 is 15.9 Å². The summed E-state index contributed by atoms with van der Waals surface area (Å²) in [6, 6.07) is 6.02. The van der Waals surface area contributed by atoms with Gasteiger partial charge in [-0.3, -0.25) is 0 Å². The number of nitrogens with zero attached hydrogens (tertiary/aromatic N) is 1. The number of hydrogen-bond acceptors (Lipinski definition) is 3. The summed E-state index contributed by atoms with van der Waals surface area (Å²) in [6.07, 6.45) is 1.28. The largest absolute Gasteiger partial charge is 0.393 e. The fourth-order valence-corrected chi connectivity index (χ4v) is 3.13. The van der Waals surface area contributed by atoms with Crippen LogP contribution in [0.1, 0.15) is 31.4 Å². The van der Waals surface area contributed by atoms with Gasteiger partial charge in [-0.1, -0.05) is 22.0 Å². The normalized spacial score (nSPS) is 24.5. The first-order valence-electron chi connectivity index (χ1n) is 6.34. The predicted molar refractivity (Wildman–Crippen MR) is 76.8 cm³/mol. The number of aliphatic hydroxyl groups excluding tert-OH is 2. The number of aliphatic hydroxyl groups is 2. The van der Waals surface area contributed by atoms with Crippen LogP contribution in [0.15, 0.2) is 22.7 Å². The van der Waals surface area contributed by atoms with E-state index in [0.29, 0.717) is 5.92 Å². The minimum absolute atomic E-state index is 0.0900. The second-order valence-corrected chi connectivity index (χ2v) is 6.11. The molecule has 4 heteroatoms. The molecule has 100 valence electrons. The van der Waals surface area contributed by atoms with Crippen molar-refractivity contribution in [2.45, 2.75) is 32.0 Å². The number of halogens is 1. The van der Waals surface area contributed by atoms with Crippen molar-refractivity contribution < 1.29 is 10.2 Å². The van der Waals surface area contributed by atoms with Gasteiger partial charge in [0.15, 0.2) is 0 Å². The van der Waals surface area contributed by atoms with Crippen LogP contribution in [0, 0.1) is 5.92 Å². The molecule has 2 N–H and O–H groups in total. The molecule has 0 spiro atoms. The second-order valence-electron chi connectivity index (χ2n) is 5.25. The molecule has 0 bridgehead atoms. The summed E-state index contributed by atoms with van der Waals surface area (Å²) in [5, 5.41) is 18.9. The first-order chi connectivity index (χ1) is 8.47. The fraction of sp³-hybridized carbons (Fsp3) is 0.571. The fourth-order valence-electron chi connectivity index (χ4n) is 2.43. The van der Waals surface area contributed by atoms with Crippen molar-refractivity contribution in [3.05, 3.63) is 28.2 Å². The highest BCUT2D eigenvalue weighted by Crippen LogP contribution is 2.31. The lowest BCUT2D eigenvalue weighted by atomic mass is 9.82. The van der Waals surface area contributed by atoms with Crippen molar-refractivity contribution in [2.75, 3.05) is 18.5 Å². The van der Waals surface area contributed by atoms with E-state index in [1.807, 2.05) is 18.2 Å². The van der Waals surface area contributed by atoms with Crippen molar-refractivity contribution in [1.29, 1.82) is 0 Å². The van der Waals surface area contributed by atoms with E-state index in [2.05, 4.69) is 27.9 Å². The Morgan fingerprint density at radius 3 is 2.61 bits per heavy atom. The minimum Gasteiger partial charge on any atom is -0.393 e. The Balaban J connectivity index is 2.02. The molecule has 1 fully saturated rings. The SMILES string of the molecule is C[C@H](O)c1ccc(N(C)CC2CC(O)C2)cc1Br. The van der Waals surface area contributed by atoms with Gasteiger partial charge in [0.05, 0.1) is 12.2 Å². The summed E-state index contributed by atoms with van der Waals surface area (Å²) in [5.74, 6) is 0.597. The van der Waals surface area contributed by atoms with Crippen LogP contribution < -0.4 is 4.90 Å². The topological polar surface area (TPSA) is 43.7 Å². The lowest BCUT2D eigenvalue weighted by Crippen LogP contribution is -2.37. The first kappa shape index (κ1) is 13.8. The molecule has 1 aliphatic carbocycles. The van der Waals surface area contributed by atoms with E-state index in [-0.39, 0.29) is 6.10 Å². The van der Waals surface area contributed by atoms with Crippen molar-refractivity contribution in [1.82, 2.24) is 0 Å². The van der Waals surface area contributed by atoms with Crippen LogP contribution in [0.5, 0.6) is 0 Å². The summed E-state index contributed by atoms with van der Waals surface area (Å²) >= 11 is 3.50. The van der Waals surface area contributed by atoms with E-state index in [1.165, 1.54) is 0 Å². The highest BCUT2D eigenvalue weighted by Gasteiger charge is 2.28. The number of benzene rings is 1. The van der Waals surface area contributed by atoms with Gasteiger partial charge in [0.25, 0.3) is 0 Å². The molecule has 0 unspecified atom stereocenters. The Kier molecular flexibility index (Phi) is 4.30. The van der Waals surface area contributed by atoms with E-state index in [9.17, 15) is 10.2 Å². The molecule has 0 aliphatic heterocycles. The van der Waals surface area contributed by atoms with Crippen LogP contribution in [0.2, 0.25) is 0 Å². The Bertz CT molecular complexity index is 416. The molecule has 0 radical (unpaired) electrons. The standard InChI is InChI=1S/C14H20BrNO2/c1-9(17)13-4-3-11(7-14(13)15)16(2)8-10-5-12(18)6-10/h3-4,7,9-10,12,17-18H,5-6,8H2,1-2H3/t9-,10?,12?/m0/s1. The predicted octanol–water partition coefficient (Wildman–Crippen LogP) is 2.71. The van der Waals surface area contributed by atoms with Crippen LogP contribution in [-0.2, 0) is 0 Å². The van der Waals surface area contributed by atoms with Gasteiger partial charge < -0.3 is 15.1 Å². The molecule has 0 heterocycles. The van der Waals surface area contributed by atoms with E-state index in [1.54, 1.807) is 6.92 Å². The van der Waals surface area contributed by atoms with Crippen molar-refractivity contribution in [3.8, 4) is 0 Å². The van der Waals surface area contributed by atoms with Crippen LogP contribution in [0.25, 0.3) is 0 Å². The monoisotopic (exact) mass is 313 g/mol. The van der Waals surface area contributed by atoms with Crippen LogP contribution in [-0.4, -0.2) is 29.9 Å². The second kappa shape index (κ2) is 5.59. The maximum atomic E-state index is 9.58. The Hall–Kier alpha value is -0.580. The molecule has 1 atom stereocenters. The zero-order chi connectivity index (χ0) is 13.3. The number of rotatable bonds is 4. The number of anilines is 1. The van der Waals surface area contributed by atoms with Gasteiger partial charge in [-0.2, -0.15) is 0 Å². The molecule has 3 nitrogen and oxygen atoms in total. The molecule has 1 aliphatic rings. The van der Waals surface area contributed by atoms with Crippen LogP contribution in [0.4, 0.5) is 5.69 Å². The van der Waals surface area contributed by atoms with Crippen molar-refractivity contribution >= 4 is 21.6 Å². The van der Waals surface area contributed by atoms with Gasteiger partial charge in [0.1, 0.15) is 0 Å². The van der Waals surface area contributed by atoms with E-state index < -0.39 is 6.10 Å². The smallest absolute Gasteiger partial charge is 0.0772 e. The zero-order valence-corrected chi connectivity index (χ0v) is 12.4. The number of hydrogen-bond donors (Lipinski definition) is 2. The van der Waals surface area contributed by atoms with E-state index in [0.717, 1.165) is 35.1 Å². The molecule has 0 amide bonds. The van der Waals surface area contributed by atoms with Gasteiger partial charge >= 0.3 is 0 Å². The third kappa shape index (κ3) is 3.05. The summed E-state index contributed by atoms with van der Waals surface area (Å²) in [6.45, 7) is 2.73. The summed E-state index contributed by atoms with van der Waals surface area (Å²) < 4.78 is 0.940. The molecular weight excluding hydrogens is 294 g/mol. The highest BCUT2D eigenvalue weighted by molar-refractivity contribution is 9.10. The van der Waals surface area contributed by atoms with Gasteiger partial charge in [-0.25, -0.2) is 0 Å². The maximum absolute atomic E-state index is 9.58. The van der Waals surface area contributed by atoms with E-state index >= 15 is 0 Å². The average Bonchev–Trinajstić information content (AvgIpc) is 2.26. The lowest BCUT2D eigenvalue weighted by Gasteiger charge is -2.35. The van der Waals surface area contributed by atoms with Crippen molar-refractivity contribution in [2.24, 2.45) is 5.92 Å². The van der Waals surface area contributed by atoms with Crippen LogP contribution in [0.3, 0.4) is 0 Å². The third-order valence-corrected chi connectivity index (χ3v) is 4.30. The molecule has 1 aromatic carbocycles. The summed E-state index contributed by atoms with van der Waals surface area (Å²) in [7, 11) is 2.06. The first-order valence-corrected chi connectivity index (χ1v) is 7.13. The van der Waals surface area contributed by atoms with Gasteiger partial charge in [0.2, 0.25) is 0 Å². The maximum Gasteiger partial charge on any atom is 0.0772 e.